The number of hydrogen-bond acceptors (Lipinski definition) is 2. The Hall–Kier alpha value is -2.29. The lowest BCUT2D eigenvalue weighted by Crippen LogP contribution is -2.00. The summed E-state index contributed by atoms with van der Waals surface area (Å²) >= 11 is 0. The van der Waals surface area contributed by atoms with Gasteiger partial charge in [-0.05, 0) is 66.8 Å². The van der Waals surface area contributed by atoms with Crippen LogP contribution in [0.5, 0.6) is 5.75 Å². The van der Waals surface area contributed by atoms with Crippen LogP contribution in [0, 0.1) is 13.8 Å². The van der Waals surface area contributed by atoms with E-state index in [1.54, 1.807) is 18.2 Å². The number of hydrogen-bond donors (Lipinski definition) is 1. The van der Waals surface area contributed by atoms with Crippen LogP contribution < -0.4 is 4.74 Å². The van der Waals surface area contributed by atoms with E-state index >= 15 is 0 Å². The number of carboxylic acids is 1. The summed E-state index contributed by atoms with van der Waals surface area (Å²) < 4.78 is 5.78. The van der Waals surface area contributed by atoms with Crippen LogP contribution in [-0.4, -0.2) is 17.7 Å². The predicted molar refractivity (Wildman–Crippen MR) is 95.4 cm³/mol. The molecule has 2 rings (SSSR count). The first-order chi connectivity index (χ1) is 11.0. The summed E-state index contributed by atoms with van der Waals surface area (Å²) in [6.45, 7) is 10.8. The molecule has 0 aliphatic carbocycles. The third kappa shape index (κ3) is 4.85. The van der Waals surface area contributed by atoms with E-state index in [2.05, 4.69) is 6.92 Å². The standard InChI is InChI=1S/C18H20O3.C2H6/c1-4-8-21-17-12(2)9-16(10-13(17)3)14-6-5-7-15(11-14)18(19)20;1-2/h5-7,9-11H,4,8H2,1-3H3,(H,19,20);1-2H3. The summed E-state index contributed by atoms with van der Waals surface area (Å²) in [5.74, 6) is 0.0168. The molecule has 0 aliphatic rings. The molecule has 0 saturated carbocycles. The SMILES string of the molecule is CC.CCCOc1c(C)cc(-c2cccc(C(=O)O)c2)cc1C. The van der Waals surface area contributed by atoms with Crippen molar-refractivity contribution in [2.75, 3.05) is 6.61 Å². The highest BCUT2D eigenvalue weighted by Gasteiger charge is 2.09. The predicted octanol–water partition coefficient (Wildman–Crippen LogP) is 5.48. The van der Waals surface area contributed by atoms with Crippen LogP contribution in [0.4, 0.5) is 0 Å². The van der Waals surface area contributed by atoms with Crippen molar-refractivity contribution in [1.82, 2.24) is 0 Å². The summed E-state index contributed by atoms with van der Waals surface area (Å²) in [6, 6.07) is 11.1. The second kappa shape index (κ2) is 8.99. The summed E-state index contributed by atoms with van der Waals surface area (Å²) in [5, 5.41) is 9.09. The molecule has 2 aromatic rings. The van der Waals surface area contributed by atoms with Gasteiger partial charge in [-0.3, -0.25) is 0 Å². The second-order valence-electron chi connectivity index (χ2n) is 5.17. The van der Waals surface area contributed by atoms with Crippen LogP contribution in [0.25, 0.3) is 11.1 Å². The fourth-order valence-electron chi connectivity index (χ4n) is 2.38. The molecular weight excluding hydrogens is 288 g/mol. The van der Waals surface area contributed by atoms with Gasteiger partial charge in [0, 0.05) is 0 Å². The van der Waals surface area contributed by atoms with Gasteiger partial charge in [0.2, 0.25) is 0 Å². The molecule has 0 fully saturated rings. The van der Waals surface area contributed by atoms with Crippen LogP contribution in [0.15, 0.2) is 36.4 Å². The van der Waals surface area contributed by atoms with Gasteiger partial charge in [-0.25, -0.2) is 4.79 Å². The minimum absolute atomic E-state index is 0.300. The van der Waals surface area contributed by atoms with Gasteiger partial charge in [0.15, 0.2) is 0 Å². The maximum Gasteiger partial charge on any atom is 0.335 e. The largest absolute Gasteiger partial charge is 0.493 e. The van der Waals surface area contributed by atoms with E-state index < -0.39 is 5.97 Å². The molecule has 0 saturated heterocycles. The van der Waals surface area contributed by atoms with Crippen molar-refractivity contribution in [2.45, 2.75) is 41.0 Å². The molecule has 23 heavy (non-hydrogen) atoms. The first kappa shape index (κ1) is 18.8. The number of aryl methyl sites for hydroxylation is 2. The van der Waals surface area contributed by atoms with E-state index in [9.17, 15) is 4.79 Å². The van der Waals surface area contributed by atoms with Crippen molar-refractivity contribution >= 4 is 5.97 Å². The van der Waals surface area contributed by atoms with Gasteiger partial charge >= 0.3 is 5.97 Å². The Kier molecular flexibility index (Phi) is 7.33. The Morgan fingerprint density at radius 3 is 2.17 bits per heavy atom. The van der Waals surface area contributed by atoms with Crippen molar-refractivity contribution < 1.29 is 14.6 Å². The third-order valence-electron chi connectivity index (χ3n) is 3.35. The van der Waals surface area contributed by atoms with Gasteiger partial charge in [0.1, 0.15) is 5.75 Å². The van der Waals surface area contributed by atoms with Crippen LogP contribution in [-0.2, 0) is 0 Å². The Morgan fingerprint density at radius 1 is 1.04 bits per heavy atom. The zero-order chi connectivity index (χ0) is 17.4. The molecule has 0 aromatic heterocycles. The van der Waals surface area contributed by atoms with Gasteiger partial charge in [-0.1, -0.05) is 32.9 Å². The molecule has 0 heterocycles. The molecule has 0 atom stereocenters. The zero-order valence-corrected chi connectivity index (χ0v) is 14.6. The average Bonchev–Trinajstić information content (AvgIpc) is 2.56. The van der Waals surface area contributed by atoms with Gasteiger partial charge < -0.3 is 9.84 Å². The molecule has 3 nitrogen and oxygen atoms in total. The van der Waals surface area contributed by atoms with Gasteiger partial charge in [0.05, 0.1) is 12.2 Å². The molecule has 0 unspecified atom stereocenters. The molecular formula is C20H26O3. The van der Waals surface area contributed by atoms with Crippen molar-refractivity contribution in [2.24, 2.45) is 0 Å². The number of carbonyl (C=O) groups is 1. The minimum Gasteiger partial charge on any atom is -0.493 e. The van der Waals surface area contributed by atoms with Crippen LogP contribution in [0.2, 0.25) is 0 Å². The Labute approximate surface area is 138 Å². The summed E-state index contributed by atoms with van der Waals surface area (Å²) in [5.41, 5.74) is 4.35. The van der Waals surface area contributed by atoms with E-state index in [0.29, 0.717) is 12.2 Å². The highest BCUT2D eigenvalue weighted by molar-refractivity contribution is 5.89. The highest BCUT2D eigenvalue weighted by Crippen LogP contribution is 2.30. The maximum absolute atomic E-state index is 11.1. The fraction of sp³-hybridized carbons (Fsp3) is 0.350. The zero-order valence-electron chi connectivity index (χ0n) is 14.6. The quantitative estimate of drug-likeness (QED) is 0.794. The minimum atomic E-state index is -0.909. The van der Waals surface area contributed by atoms with E-state index in [1.807, 2.05) is 45.9 Å². The second-order valence-corrected chi connectivity index (χ2v) is 5.17. The lowest BCUT2D eigenvalue weighted by molar-refractivity contribution is 0.0697. The Morgan fingerprint density at radius 2 is 1.65 bits per heavy atom. The van der Waals surface area contributed by atoms with Crippen LogP contribution in [0.1, 0.15) is 48.7 Å². The van der Waals surface area contributed by atoms with Gasteiger partial charge in [-0.2, -0.15) is 0 Å². The third-order valence-corrected chi connectivity index (χ3v) is 3.35. The lowest BCUT2D eigenvalue weighted by atomic mass is 9.98. The van der Waals surface area contributed by atoms with E-state index in [1.165, 1.54) is 0 Å². The number of aromatic carboxylic acids is 1. The van der Waals surface area contributed by atoms with Crippen LogP contribution >= 0.6 is 0 Å². The smallest absolute Gasteiger partial charge is 0.335 e. The number of ether oxygens (including phenoxy) is 1. The summed E-state index contributed by atoms with van der Waals surface area (Å²) in [6.07, 6.45) is 0.974. The molecule has 0 amide bonds. The number of carboxylic acid groups (broad SMARTS) is 1. The molecule has 0 aliphatic heterocycles. The number of benzene rings is 2. The molecule has 2 aromatic carbocycles. The summed E-state index contributed by atoms with van der Waals surface area (Å²) in [7, 11) is 0. The summed E-state index contributed by atoms with van der Waals surface area (Å²) in [4.78, 5) is 11.1. The molecule has 0 radical (unpaired) electrons. The molecule has 0 bridgehead atoms. The Bertz CT molecular complexity index is 637. The van der Waals surface area contributed by atoms with Gasteiger partial charge in [0.25, 0.3) is 0 Å². The van der Waals surface area contributed by atoms with Crippen molar-refractivity contribution in [3.05, 3.63) is 53.1 Å². The lowest BCUT2D eigenvalue weighted by Gasteiger charge is -2.14. The maximum atomic E-state index is 11.1. The van der Waals surface area contributed by atoms with Crippen molar-refractivity contribution in [3.63, 3.8) is 0 Å². The molecule has 124 valence electrons. The topological polar surface area (TPSA) is 46.5 Å². The monoisotopic (exact) mass is 314 g/mol. The Balaban J connectivity index is 0.00000127. The average molecular weight is 314 g/mol. The van der Waals surface area contributed by atoms with Gasteiger partial charge in [-0.15, -0.1) is 0 Å². The normalized spacial score (nSPS) is 9.78. The van der Waals surface area contributed by atoms with Crippen LogP contribution in [0.3, 0.4) is 0 Å². The molecule has 3 heteroatoms. The van der Waals surface area contributed by atoms with E-state index in [4.69, 9.17) is 9.84 Å². The van der Waals surface area contributed by atoms with E-state index in [-0.39, 0.29) is 0 Å². The van der Waals surface area contributed by atoms with E-state index in [0.717, 1.165) is 34.4 Å². The van der Waals surface area contributed by atoms with Crippen molar-refractivity contribution in [1.29, 1.82) is 0 Å². The fourth-order valence-corrected chi connectivity index (χ4v) is 2.38. The molecule has 0 spiro atoms. The highest BCUT2D eigenvalue weighted by atomic mass is 16.5. The molecule has 1 N–H and O–H groups in total. The van der Waals surface area contributed by atoms with Crippen molar-refractivity contribution in [3.8, 4) is 16.9 Å². The first-order valence-corrected chi connectivity index (χ1v) is 8.10. The first-order valence-electron chi connectivity index (χ1n) is 8.10. The number of rotatable bonds is 5.